The number of halogens is 2. The summed E-state index contributed by atoms with van der Waals surface area (Å²) in [4.78, 5) is 0. The van der Waals surface area contributed by atoms with Crippen LogP contribution < -0.4 is 10.1 Å². The number of hydrogen-bond acceptors (Lipinski definition) is 2. The Bertz CT molecular complexity index is 638. The van der Waals surface area contributed by atoms with Gasteiger partial charge in [0.25, 0.3) is 0 Å². The molecule has 0 radical (unpaired) electrons. The minimum atomic E-state index is 0.0791. The maximum Gasteiger partial charge on any atom is 0.124 e. The molecule has 2 rings (SSSR count). The van der Waals surface area contributed by atoms with E-state index in [1.807, 2.05) is 42.5 Å². The number of benzene rings is 2. The van der Waals surface area contributed by atoms with Gasteiger partial charge in [-0.15, -0.1) is 0 Å². The lowest BCUT2D eigenvalue weighted by atomic mass is 10.0. The van der Waals surface area contributed by atoms with Crippen molar-refractivity contribution in [3.63, 3.8) is 0 Å². The second kappa shape index (κ2) is 8.05. The average Bonchev–Trinajstić information content (AvgIpc) is 2.53. The highest BCUT2D eigenvalue weighted by molar-refractivity contribution is 6.30. The molecule has 0 fully saturated rings. The van der Waals surface area contributed by atoms with Crippen LogP contribution in [-0.4, -0.2) is 5.54 Å². The number of rotatable bonds is 7. The van der Waals surface area contributed by atoms with E-state index in [1.54, 1.807) is 0 Å². The third-order valence-corrected chi connectivity index (χ3v) is 4.46. The molecule has 0 aliphatic rings. The van der Waals surface area contributed by atoms with Gasteiger partial charge in [0.15, 0.2) is 0 Å². The standard InChI is InChI=1S/C19H23Cl2NO/c1-4-19(2,3)22-12-15-11-17(21)9-10-18(15)23-13-14-5-7-16(20)8-6-14/h5-11,22H,4,12-13H2,1-3H3. The predicted molar refractivity (Wildman–Crippen MR) is 98.4 cm³/mol. The number of nitrogens with one attached hydrogen (secondary N) is 1. The normalized spacial score (nSPS) is 11.5. The molecule has 0 amide bonds. The lowest BCUT2D eigenvalue weighted by molar-refractivity contribution is 0.298. The average molecular weight is 352 g/mol. The van der Waals surface area contributed by atoms with E-state index in [2.05, 4.69) is 26.1 Å². The zero-order valence-corrected chi connectivity index (χ0v) is 15.3. The second-order valence-electron chi connectivity index (χ2n) is 6.26. The lowest BCUT2D eigenvalue weighted by Gasteiger charge is -2.25. The van der Waals surface area contributed by atoms with E-state index in [0.717, 1.165) is 39.9 Å². The molecule has 23 heavy (non-hydrogen) atoms. The first kappa shape index (κ1) is 18.1. The third-order valence-electron chi connectivity index (χ3n) is 3.97. The van der Waals surface area contributed by atoms with E-state index in [4.69, 9.17) is 27.9 Å². The van der Waals surface area contributed by atoms with E-state index >= 15 is 0 Å². The molecule has 0 unspecified atom stereocenters. The summed E-state index contributed by atoms with van der Waals surface area (Å²) in [6.45, 7) is 7.76. The van der Waals surface area contributed by atoms with Gasteiger partial charge in [-0.1, -0.05) is 42.3 Å². The molecule has 0 saturated carbocycles. The first-order valence-electron chi connectivity index (χ1n) is 7.80. The molecule has 0 bridgehead atoms. The Labute approximate surface area is 148 Å². The highest BCUT2D eigenvalue weighted by Crippen LogP contribution is 2.25. The highest BCUT2D eigenvalue weighted by Gasteiger charge is 2.15. The summed E-state index contributed by atoms with van der Waals surface area (Å²) >= 11 is 12.0. The zero-order chi connectivity index (χ0) is 16.9. The maximum atomic E-state index is 6.14. The molecule has 0 atom stereocenters. The van der Waals surface area contributed by atoms with Crippen molar-refractivity contribution in [3.05, 3.63) is 63.6 Å². The van der Waals surface area contributed by atoms with Gasteiger partial charge in [0.2, 0.25) is 0 Å². The molecular formula is C19H23Cl2NO. The van der Waals surface area contributed by atoms with Crippen LogP contribution in [-0.2, 0) is 13.2 Å². The minimum Gasteiger partial charge on any atom is -0.489 e. The van der Waals surface area contributed by atoms with Crippen molar-refractivity contribution in [2.75, 3.05) is 0 Å². The monoisotopic (exact) mass is 351 g/mol. The van der Waals surface area contributed by atoms with Gasteiger partial charge in [0.05, 0.1) is 0 Å². The molecule has 124 valence electrons. The molecular weight excluding hydrogens is 329 g/mol. The number of hydrogen-bond donors (Lipinski definition) is 1. The Hall–Kier alpha value is -1.22. The fourth-order valence-electron chi connectivity index (χ4n) is 2.03. The van der Waals surface area contributed by atoms with Crippen molar-refractivity contribution < 1.29 is 4.74 Å². The maximum absolute atomic E-state index is 6.14. The van der Waals surface area contributed by atoms with E-state index < -0.39 is 0 Å². The van der Waals surface area contributed by atoms with Crippen LogP contribution in [0.2, 0.25) is 10.0 Å². The second-order valence-corrected chi connectivity index (χ2v) is 7.13. The van der Waals surface area contributed by atoms with E-state index in [9.17, 15) is 0 Å². The lowest BCUT2D eigenvalue weighted by Crippen LogP contribution is -2.37. The minimum absolute atomic E-state index is 0.0791. The predicted octanol–water partition coefficient (Wildman–Crippen LogP) is 5.85. The molecule has 0 heterocycles. The van der Waals surface area contributed by atoms with Gasteiger partial charge in [0.1, 0.15) is 12.4 Å². The summed E-state index contributed by atoms with van der Waals surface area (Å²) in [6.07, 6.45) is 1.05. The van der Waals surface area contributed by atoms with Gasteiger partial charge in [-0.3, -0.25) is 0 Å². The van der Waals surface area contributed by atoms with Crippen LogP contribution >= 0.6 is 23.2 Å². The smallest absolute Gasteiger partial charge is 0.124 e. The van der Waals surface area contributed by atoms with Gasteiger partial charge < -0.3 is 10.1 Å². The van der Waals surface area contributed by atoms with E-state index in [-0.39, 0.29) is 5.54 Å². The van der Waals surface area contributed by atoms with Crippen LogP contribution in [0.5, 0.6) is 5.75 Å². The Balaban J connectivity index is 2.07. The van der Waals surface area contributed by atoms with E-state index in [1.165, 1.54) is 0 Å². The van der Waals surface area contributed by atoms with Crippen molar-refractivity contribution >= 4 is 23.2 Å². The van der Waals surface area contributed by atoms with Crippen LogP contribution in [0.25, 0.3) is 0 Å². The third kappa shape index (κ3) is 5.72. The topological polar surface area (TPSA) is 21.3 Å². The molecule has 0 aliphatic heterocycles. The number of ether oxygens (including phenoxy) is 1. The zero-order valence-electron chi connectivity index (χ0n) is 13.8. The van der Waals surface area contributed by atoms with Crippen LogP contribution in [0.1, 0.15) is 38.3 Å². The fourth-order valence-corrected chi connectivity index (χ4v) is 2.35. The van der Waals surface area contributed by atoms with Crippen molar-refractivity contribution in [2.45, 2.75) is 45.9 Å². The molecule has 4 heteroatoms. The van der Waals surface area contributed by atoms with Gasteiger partial charge in [-0.05, 0) is 56.2 Å². The van der Waals surface area contributed by atoms with Gasteiger partial charge >= 0.3 is 0 Å². The molecule has 2 aromatic rings. The molecule has 1 N–H and O–H groups in total. The van der Waals surface area contributed by atoms with Crippen molar-refractivity contribution in [1.29, 1.82) is 0 Å². The van der Waals surface area contributed by atoms with Crippen LogP contribution in [0.4, 0.5) is 0 Å². The van der Waals surface area contributed by atoms with Gasteiger partial charge in [-0.25, -0.2) is 0 Å². The van der Waals surface area contributed by atoms with Crippen molar-refractivity contribution in [3.8, 4) is 5.75 Å². The summed E-state index contributed by atoms with van der Waals surface area (Å²) in [6, 6.07) is 13.4. The summed E-state index contributed by atoms with van der Waals surface area (Å²) in [7, 11) is 0. The molecule has 0 aromatic heterocycles. The van der Waals surface area contributed by atoms with Crippen LogP contribution in [0.15, 0.2) is 42.5 Å². The Kier molecular flexibility index (Phi) is 6.34. The molecule has 2 nitrogen and oxygen atoms in total. The van der Waals surface area contributed by atoms with Gasteiger partial charge in [0, 0.05) is 27.7 Å². The van der Waals surface area contributed by atoms with Crippen LogP contribution in [0, 0.1) is 0 Å². The quantitative estimate of drug-likeness (QED) is 0.675. The summed E-state index contributed by atoms with van der Waals surface area (Å²) < 4.78 is 5.98. The first-order valence-corrected chi connectivity index (χ1v) is 8.56. The Morgan fingerprint density at radius 1 is 1.00 bits per heavy atom. The summed E-state index contributed by atoms with van der Waals surface area (Å²) in [5.74, 6) is 0.851. The first-order chi connectivity index (χ1) is 10.9. The fraction of sp³-hybridized carbons (Fsp3) is 0.368. The highest BCUT2D eigenvalue weighted by atomic mass is 35.5. The van der Waals surface area contributed by atoms with Crippen molar-refractivity contribution in [2.24, 2.45) is 0 Å². The summed E-state index contributed by atoms with van der Waals surface area (Å²) in [5.41, 5.74) is 2.22. The molecule has 0 saturated heterocycles. The van der Waals surface area contributed by atoms with E-state index in [0.29, 0.717) is 6.61 Å². The van der Waals surface area contributed by atoms with Crippen molar-refractivity contribution in [1.82, 2.24) is 5.32 Å². The van der Waals surface area contributed by atoms with Crippen LogP contribution in [0.3, 0.4) is 0 Å². The Morgan fingerprint density at radius 3 is 2.30 bits per heavy atom. The molecule has 2 aromatic carbocycles. The summed E-state index contributed by atoms with van der Waals surface area (Å²) in [5, 5.41) is 4.99. The Morgan fingerprint density at radius 2 is 1.65 bits per heavy atom. The molecule has 0 aliphatic carbocycles. The largest absolute Gasteiger partial charge is 0.489 e. The molecule has 0 spiro atoms. The van der Waals surface area contributed by atoms with Gasteiger partial charge in [-0.2, -0.15) is 0 Å². The SMILES string of the molecule is CCC(C)(C)NCc1cc(Cl)ccc1OCc1ccc(Cl)cc1.